The van der Waals surface area contributed by atoms with Crippen LogP contribution in [0.15, 0.2) is 0 Å². The van der Waals surface area contributed by atoms with Crippen LogP contribution in [0.4, 0.5) is 17.6 Å². The van der Waals surface area contributed by atoms with Crippen molar-refractivity contribution >= 4 is 0 Å². The normalized spacial score (nSPS) is 39.0. The molecular formula is C7H10F4O4. The van der Waals surface area contributed by atoms with E-state index in [1.54, 1.807) is 0 Å². The Morgan fingerprint density at radius 3 is 2.20 bits per heavy atom. The molecule has 0 unspecified atom stereocenters. The molecule has 0 aromatic rings. The second-order valence-corrected chi connectivity index (χ2v) is 3.10. The zero-order valence-electron chi connectivity index (χ0n) is 7.66. The molecule has 0 spiro atoms. The number of hydrogen-bond acceptors (Lipinski definition) is 4. The molecule has 0 bridgehead atoms. The van der Waals surface area contributed by atoms with Gasteiger partial charge in [0.15, 0.2) is 18.5 Å². The van der Waals surface area contributed by atoms with Crippen molar-refractivity contribution in [3.63, 3.8) is 0 Å². The highest BCUT2D eigenvalue weighted by molar-refractivity contribution is 5.01. The predicted molar refractivity (Wildman–Crippen MR) is 38.7 cm³/mol. The van der Waals surface area contributed by atoms with E-state index in [0.717, 1.165) is 7.11 Å². The second-order valence-electron chi connectivity index (χ2n) is 3.10. The third kappa shape index (κ3) is 1.71. The molecule has 0 radical (unpaired) electrons. The zero-order valence-corrected chi connectivity index (χ0v) is 7.66. The van der Waals surface area contributed by atoms with Gasteiger partial charge in [0.1, 0.15) is 0 Å². The number of aliphatic hydroxyl groups is 2. The molecule has 1 saturated heterocycles. The first-order chi connectivity index (χ1) is 6.79. The smallest absolute Gasteiger partial charge is 0.343 e. The molecule has 3 atom stereocenters. The summed E-state index contributed by atoms with van der Waals surface area (Å²) >= 11 is 0. The number of halogens is 4. The zero-order chi connectivity index (χ0) is 11.9. The first-order valence-electron chi connectivity index (χ1n) is 4.01. The third-order valence-electron chi connectivity index (χ3n) is 2.17. The molecule has 1 aliphatic heterocycles. The quantitative estimate of drug-likeness (QED) is 0.659. The third-order valence-corrected chi connectivity index (χ3v) is 2.17. The molecule has 2 N–H and O–H groups in total. The first kappa shape index (κ1) is 12.6. The number of ether oxygens (including phenoxy) is 2. The van der Waals surface area contributed by atoms with Crippen molar-refractivity contribution in [2.45, 2.75) is 30.3 Å². The maximum atomic E-state index is 13.0. The lowest BCUT2D eigenvalue weighted by atomic mass is 9.97. The first-order valence-corrected chi connectivity index (χ1v) is 4.01. The van der Waals surface area contributed by atoms with Crippen molar-refractivity contribution in [2.75, 3.05) is 13.7 Å². The van der Waals surface area contributed by atoms with Crippen LogP contribution >= 0.6 is 0 Å². The molecule has 4 nitrogen and oxygen atoms in total. The Labute approximate surface area is 82.4 Å². The fourth-order valence-electron chi connectivity index (χ4n) is 1.25. The molecule has 0 aromatic heterocycles. The molecule has 0 aliphatic carbocycles. The van der Waals surface area contributed by atoms with Crippen molar-refractivity contribution in [1.29, 1.82) is 0 Å². The molecule has 0 saturated carbocycles. The Kier molecular flexibility index (Phi) is 3.24. The van der Waals surface area contributed by atoms with Gasteiger partial charge in [-0.15, -0.1) is 0 Å². The Morgan fingerprint density at radius 2 is 1.80 bits per heavy atom. The Morgan fingerprint density at radius 1 is 1.27 bits per heavy atom. The minimum Gasteiger partial charge on any atom is -0.393 e. The summed E-state index contributed by atoms with van der Waals surface area (Å²) in [7, 11) is 0.919. The van der Waals surface area contributed by atoms with Gasteiger partial charge < -0.3 is 19.7 Å². The molecule has 90 valence electrons. The summed E-state index contributed by atoms with van der Waals surface area (Å²) in [5.41, 5.74) is 0. The summed E-state index contributed by atoms with van der Waals surface area (Å²) in [5.74, 6) is -9.35. The fourth-order valence-corrected chi connectivity index (χ4v) is 1.25. The van der Waals surface area contributed by atoms with E-state index >= 15 is 0 Å². The van der Waals surface area contributed by atoms with Crippen LogP contribution in [-0.4, -0.2) is 54.3 Å². The van der Waals surface area contributed by atoms with Gasteiger partial charge in [-0.1, -0.05) is 0 Å². The van der Waals surface area contributed by atoms with E-state index in [9.17, 15) is 17.6 Å². The number of hydrogen-bond donors (Lipinski definition) is 2. The summed E-state index contributed by atoms with van der Waals surface area (Å²) in [6.45, 7) is -1.30. The lowest BCUT2D eigenvalue weighted by molar-refractivity contribution is -0.390. The molecule has 1 aliphatic rings. The molecule has 0 aromatic carbocycles. The number of rotatable bonds is 2. The summed E-state index contributed by atoms with van der Waals surface area (Å²) in [4.78, 5) is 0. The monoisotopic (exact) mass is 234 g/mol. The van der Waals surface area contributed by atoms with E-state index in [4.69, 9.17) is 10.2 Å². The van der Waals surface area contributed by atoms with Crippen LogP contribution in [0.2, 0.25) is 0 Å². The largest absolute Gasteiger partial charge is 0.393 e. The van der Waals surface area contributed by atoms with Gasteiger partial charge in [0.25, 0.3) is 0 Å². The predicted octanol–water partition coefficient (Wildman–Crippen LogP) is -0.0185. The van der Waals surface area contributed by atoms with Gasteiger partial charge in [0.2, 0.25) is 0 Å². The highest BCUT2D eigenvalue weighted by Crippen LogP contribution is 2.45. The second kappa shape index (κ2) is 3.85. The van der Waals surface area contributed by atoms with Gasteiger partial charge in [-0.3, -0.25) is 0 Å². The summed E-state index contributed by atoms with van der Waals surface area (Å²) < 4.78 is 60.4. The Hall–Kier alpha value is -0.440. The molecule has 1 rings (SSSR count). The van der Waals surface area contributed by atoms with Crippen LogP contribution in [0.25, 0.3) is 0 Å². The lowest BCUT2D eigenvalue weighted by Crippen LogP contribution is -2.67. The van der Waals surface area contributed by atoms with E-state index < -0.39 is 36.9 Å². The molecule has 8 heteroatoms. The minimum atomic E-state index is -4.71. The van der Waals surface area contributed by atoms with Gasteiger partial charge in [-0.25, -0.2) is 0 Å². The molecule has 15 heavy (non-hydrogen) atoms. The molecule has 1 fully saturated rings. The van der Waals surface area contributed by atoms with E-state index in [1.165, 1.54) is 0 Å². The van der Waals surface area contributed by atoms with Gasteiger partial charge in [0.05, 0.1) is 6.61 Å². The summed E-state index contributed by atoms with van der Waals surface area (Å²) in [6, 6.07) is 0. The lowest BCUT2D eigenvalue weighted by Gasteiger charge is -2.43. The van der Waals surface area contributed by atoms with Crippen molar-refractivity contribution in [2.24, 2.45) is 0 Å². The number of aliphatic hydroxyl groups excluding tert-OH is 2. The molecular weight excluding hydrogens is 224 g/mol. The molecule has 0 amide bonds. The Bertz CT molecular complexity index is 235. The van der Waals surface area contributed by atoms with Crippen LogP contribution in [0, 0.1) is 0 Å². The maximum Gasteiger partial charge on any atom is 0.343 e. The van der Waals surface area contributed by atoms with Gasteiger partial charge in [-0.2, -0.15) is 17.6 Å². The van der Waals surface area contributed by atoms with Crippen LogP contribution in [0.5, 0.6) is 0 Å². The van der Waals surface area contributed by atoms with E-state index in [1.807, 2.05) is 0 Å². The summed E-state index contributed by atoms with van der Waals surface area (Å²) in [6.07, 6.45) is -7.07. The van der Waals surface area contributed by atoms with Crippen molar-refractivity contribution in [3.8, 4) is 0 Å². The molecule has 1 heterocycles. The van der Waals surface area contributed by atoms with Crippen LogP contribution < -0.4 is 0 Å². The van der Waals surface area contributed by atoms with Crippen LogP contribution in [0.1, 0.15) is 0 Å². The fraction of sp³-hybridized carbons (Fsp3) is 1.00. The van der Waals surface area contributed by atoms with Gasteiger partial charge in [0, 0.05) is 7.11 Å². The number of methoxy groups -OCH3 is 1. The highest BCUT2D eigenvalue weighted by atomic mass is 19.3. The highest BCUT2D eigenvalue weighted by Gasteiger charge is 2.71. The maximum absolute atomic E-state index is 13.0. The van der Waals surface area contributed by atoms with Crippen molar-refractivity contribution in [3.05, 3.63) is 0 Å². The topological polar surface area (TPSA) is 58.9 Å². The summed E-state index contributed by atoms with van der Waals surface area (Å²) in [5, 5.41) is 17.4. The van der Waals surface area contributed by atoms with E-state index in [2.05, 4.69) is 9.47 Å². The van der Waals surface area contributed by atoms with Gasteiger partial charge >= 0.3 is 11.8 Å². The van der Waals surface area contributed by atoms with Crippen LogP contribution in [-0.2, 0) is 9.47 Å². The SMILES string of the molecule is CO[C@@H]1O[C@@H](CO)C(F)(F)C(F)(F)[C@@H]1O. The standard InChI is InChI=1S/C7H10F4O4/c1-14-5-4(13)7(10,11)6(8,9)3(2-12)15-5/h3-5,12-13H,2H2,1H3/t3-,4+,5+/m0/s1. The van der Waals surface area contributed by atoms with E-state index in [-0.39, 0.29) is 0 Å². The minimum absolute atomic E-state index is 0.919. The average molecular weight is 234 g/mol. The Balaban J connectivity index is 3.01. The van der Waals surface area contributed by atoms with Crippen molar-refractivity contribution < 1.29 is 37.2 Å². The average Bonchev–Trinajstić information content (AvgIpc) is 2.16. The van der Waals surface area contributed by atoms with Gasteiger partial charge in [-0.05, 0) is 0 Å². The van der Waals surface area contributed by atoms with Crippen LogP contribution in [0.3, 0.4) is 0 Å². The number of alkyl halides is 4. The van der Waals surface area contributed by atoms with E-state index in [0.29, 0.717) is 0 Å². The van der Waals surface area contributed by atoms with Crippen molar-refractivity contribution in [1.82, 2.24) is 0 Å².